The lowest BCUT2D eigenvalue weighted by Crippen LogP contribution is -2.50. The zero-order valence-electron chi connectivity index (χ0n) is 16.5. The maximum atomic E-state index is 13.0. The first-order valence-electron chi connectivity index (χ1n) is 9.13. The van der Waals surface area contributed by atoms with Gasteiger partial charge in [0.1, 0.15) is 11.9 Å². The molecule has 2 N–H and O–H groups in total. The number of amides is 2. The first kappa shape index (κ1) is 20.6. The molecule has 2 amide bonds. The van der Waals surface area contributed by atoms with Crippen molar-refractivity contribution in [2.75, 3.05) is 0 Å². The van der Waals surface area contributed by atoms with Crippen LogP contribution < -0.4 is 10.6 Å². The first-order chi connectivity index (χ1) is 12.7. The average Bonchev–Trinajstić information content (AvgIpc) is 2.61. The molecule has 2 aromatic rings. The summed E-state index contributed by atoms with van der Waals surface area (Å²) in [6.45, 7) is 9.69. The van der Waals surface area contributed by atoms with Crippen molar-refractivity contribution in [1.82, 2.24) is 10.6 Å². The fourth-order valence-corrected chi connectivity index (χ4v) is 2.97. The molecule has 0 aromatic heterocycles. The number of benzene rings is 2. The Labute approximate surface area is 160 Å². The van der Waals surface area contributed by atoms with Crippen molar-refractivity contribution in [2.24, 2.45) is 5.92 Å². The molecule has 0 fully saturated rings. The standard InChI is InChI=1S/C22H27FN2O2/c1-13(2)20(25-21(26)17-8-10-18(23)11-9-17)22(27)24-16(5)19-12-14(3)6-7-15(19)4/h6-13,16,20H,1-5H3,(H,24,27)(H,25,26)/t16-,20+/m0/s1. The van der Waals surface area contributed by atoms with Crippen LogP contribution >= 0.6 is 0 Å². The number of hydrogen-bond donors (Lipinski definition) is 2. The summed E-state index contributed by atoms with van der Waals surface area (Å²) >= 11 is 0. The third kappa shape index (κ3) is 5.39. The Morgan fingerprint density at radius 2 is 1.56 bits per heavy atom. The summed E-state index contributed by atoms with van der Waals surface area (Å²) in [4.78, 5) is 25.2. The van der Waals surface area contributed by atoms with Crippen LogP contribution in [0.5, 0.6) is 0 Å². The highest BCUT2D eigenvalue weighted by atomic mass is 19.1. The fourth-order valence-electron chi connectivity index (χ4n) is 2.97. The van der Waals surface area contributed by atoms with Gasteiger partial charge in [0, 0.05) is 5.56 Å². The molecular weight excluding hydrogens is 343 g/mol. The van der Waals surface area contributed by atoms with Gasteiger partial charge in [-0.25, -0.2) is 4.39 Å². The molecule has 2 atom stereocenters. The van der Waals surface area contributed by atoms with Gasteiger partial charge in [0.05, 0.1) is 6.04 Å². The van der Waals surface area contributed by atoms with Gasteiger partial charge < -0.3 is 10.6 Å². The molecule has 0 bridgehead atoms. The lowest BCUT2D eigenvalue weighted by atomic mass is 9.98. The third-order valence-corrected chi connectivity index (χ3v) is 4.60. The van der Waals surface area contributed by atoms with Crippen molar-refractivity contribution in [1.29, 1.82) is 0 Å². The molecule has 0 saturated heterocycles. The van der Waals surface area contributed by atoms with Crippen LogP contribution in [0.1, 0.15) is 53.9 Å². The highest BCUT2D eigenvalue weighted by molar-refractivity contribution is 5.97. The van der Waals surface area contributed by atoms with Crippen LogP contribution in [0.4, 0.5) is 4.39 Å². The van der Waals surface area contributed by atoms with Crippen molar-refractivity contribution in [3.8, 4) is 0 Å². The minimum absolute atomic E-state index is 0.0970. The van der Waals surface area contributed by atoms with E-state index in [1.165, 1.54) is 24.3 Å². The summed E-state index contributed by atoms with van der Waals surface area (Å²) in [5.41, 5.74) is 3.60. The summed E-state index contributed by atoms with van der Waals surface area (Å²) in [7, 11) is 0. The Balaban J connectivity index is 2.11. The van der Waals surface area contributed by atoms with E-state index in [-0.39, 0.29) is 17.9 Å². The number of nitrogens with one attached hydrogen (secondary N) is 2. The molecule has 0 spiro atoms. The second-order valence-corrected chi connectivity index (χ2v) is 7.29. The molecule has 0 heterocycles. The van der Waals surface area contributed by atoms with Crippen molar-refractivity contribution >= 4 is 11.8 Å². The van der Waals surface area contributed by atoms with E-state index in [1.54, 1.807) is 0 Å². The van der Waals surface area contributed by atoms with Crippen molar-refractivity contribution in [3.63, 3.8) is 0 Å². The molecule has 0 aliphatic rings. The van der Waals surface area contributed by atoms with E-state index in [0.29, 0.717) is 5.56 Å². The van der Waals surface area contributed by atoms with Gasteiger partial charge in [-0.1, -0.05) is 37.6 Å². The van der Waals surface area contributed by atoms with Crippen LogP contribution in [0.3, 0.4) is 0 Å². The van der Waals surface area contributed by atoms with Crippen molar-refractivity contribution in [2.45, 2.75) is 46.7 Å². The van der Waals surface area contributed by atoms with Crippen LogP contribution in [0.25, 0.3) is 0 Å². The number of rotatable bonds is 6. The van der Waals surface area contributed by atoms with Gasteiger partial charge in [0.2, 0.25) is 5.91 Å². The summed E-state index contributed by atoms with van der Waals surface area (Å²) in [6.07, 6.45) is 0. The van der Waals surface area contributed by atoms with Gasteiger partial charge in [0.25, 0.3) is 5.91 Å². The minimum Gasteiger partial charge on any atom is -0.348 e. The predicted molar refractivity (Wildman–Crippen MR) is 105 cm³/mol. The number of halogens is 1. The van der Waals surface area contributed by atoms with E-state index in [2.05, 4.69) is 16.7 Å². The second kappa shape index (κ2) is 8.80. The van der Waals surface area contributed by atoms with Gasteiger partial charge in [0.15, 0.2) is 0 Å². The van der Waals surface area contributed by atoms with Crippen LogP contribution in [-0.2, 0) is 4.79 Å². The maximum Gasteiger partial charge on any atom is 0.251 e. The van der Waals surface area contributed by atoms with Crippen LogP contribution in [-0.4, -0.2) is 17.9 Å². The summed E-state index contributed by atoms with van der Waals surface area (Å²) in [5, 5.41) is 5.76. The quantitative estimate of drug-likeness (QED) is 0.805. The van der Waals surface area contributed by atoms with E-state index in [9.17, 15) is 14.0 Å². The highest BCUT2D eigenvalue weighted by Crippen LogP contribution is 2.19. The van der Waals surface area contributed by atoms with E-state index in [1.807, 2.05) is 46.8 Å². The molecule has 2 rings (SSSR count). The Kier molecular flexibility index (Phi) is 6.72. The van der Waals surface area contributed by atoms with E-state index >= 15 is 0 Å². The molecule has 0 aliphatic carbocycles. The lowest BCUT2D eigenvalue weighted by Gasteiger charge is -2.25. The molecule has 0 saturated carbocycles. The van der Waals surface area contributed by atoms with Crippen LogP contribution in [0.15, 0.2) is 42.5 Å². The largest absolute Gasteiger partial charge is 0.348 e. The topological polar surface area (TPSA) is 58.2 Å². The molecule has 0 aliphatic heterocycles. The Bertz CT molecular complexity index is 816. The molecule has 0 unspecified atom stereocenters. The van der Waals surface area contributed by atoms with E-state index in [0.717, 1.165) is 16.7 Å². The smallest absolute Gasteiger partial charge is 0.251 e. The molecule has 4 nitrogen and oxygen atoms in total. The minimum atomic E-state index is -0.685. The predicted octanol–water partition coefficient (Wildman–Crippen LogP) is 4.07. The summed E-state index contributed by atoms with van der Waals surface area (Å²) in [5.74, 6) is -1.15. The molecule has 144 valence electrons. The molecule has 5 heteroatoms. The summed E-state index contributed by atoms with van der Waals surface area (Å²) in [6, 6.07) is 10.5. The zero-order valence-corrected chi connectivity index (χ0v) is 16.5. The average molecular weight is 370 g/mol. The SMILES string of the molecule is Cc1ccc(C)c([C@H](C)NC(=O)[C@H](NC(=O)c2ccc(F)cc2)C(C)C)c1. The van der Waals surface area contributed by atoms with Crippen LogP contribution in [0.2, 0.25) is 0 Å². The first-order valence-corrected chi connectivity index (χ1v) is 9.13. The van der Waals surface area contributed by atoms with Crippen LogP contribution in [0, 0.1) is 25.6 Å². The number of hydrogen-bond acceptors (Lipinski definition) is 2. The second-order valence-electron chi connectivity index (χ2n) is 7.29. The molecule has 2 aromatic carbocycles. The van der Waals surface area contributed by atoms with Gasteiger partial charge in [-0.2, -0.15) is 0 Å². The molecule has 0 radical (unpaired) electrons. The van der Waals surface area contributed by atoms with Gasteiger partial charge >= 0.3 is 0 Å². The van der Waals surface area contributed by atoms with Gasteiger partial charge in [-0.05, 0) is 62.1 Å². The fraction of sp³-hybridized carbons (Fsp3) is 0.364. The van der Waals surface area contributed by atoms with Crippen molar-refractivity contribution < 1.29 is 14.0 Å². The van der Waals surface area contributed by atoms with Gasteiger partial charge in [-0.15, -0.1) is 0 Å². The monoisotopic (exact) mass is 370 g/mol. The lowest BCUT2D eigenvalue weighted by molar-refractivity contribution is -0.124. The normalized spacial score (nSPS) is 13.1. The number of carbonyl (C=O) groups is 2. The maximum absolute atomic E-state index is 13.0. The van der Waals surface area contributed by atoms with E-state index in [4.69, 9.17) is 0 Å². The molecule has 27 heavy (non-hydrogen) atoms. The third-order valence-electron chi connectivity index (χ3n) is 4.60. The zero-order chi connectivity index (χ0) is 20.1. The van der Waals surface area contributed by atoms with Gasteiger partial charge in [-0.3, -0.25) is 9.59 Å². The van der Waals surface area contributed by atoms with E-state index < -0.39 is 17.8 Å². The van der Waals surface area contributed by atoms with Crippen molar-refractivity contribution in [3.05, 3.63) is 70.5 Å². The number of carbonyl (C=O) groups excluding carboxylic acids is 2. The Morgan fingerprint density at radius 3 is 2.15 bits per heavy atom. The Morgan fingerprint density at radius 1 is 0.926 bits per heavy atom. The highest BCUT2D eigenvalue weighted by Gasteiger charge is 2.26. The molecular formula is C22H27FN2O2. The Hall–Kier alpha value is -2.69. The summed E-state index contributed by atoms with van der Waals surface area (Å²) < 4.78 is 13.0. The number of aryl methyl sites for hydroxylation is 2.